The summed E-state index contributed by atoms with van der Waals surface area (Å²) < 4.78 is 5.16. The minimum atomic E-state index is -0.272. The van der Waals surface area contributed by atoms with Crippen molar-refractivity contribution in [3.8, 4) is 0 Å². The Bertz CT molecular complexity index is 336. The van der Waals surface area contributed by atoms with Gasteiger partial charge in [-0.1, -0.05) is 26.3 Å². The summed E-state index contributed by atoms with van der Waals surface area (Å²) in [5, 5.41) is 0. The molecular weight excluding hydrogens is 208 g/mol. The van der Waals surface area contributed by atoms with E-state index in [4.69, 9.17) is 4.74 Å². The van der Waals surface area contributed by atoms with Gasteiger partial charge in [-0.25, -0.2) is 4.79 Å². The van der Waals surface area contributed by atoms with E-state index in [0.717, 1.165) is 11.3 Å². The zero-order valence-electron chi connectivity index (χ0n) is 9.06. The monoisotopic (exact) mass is 224 g/mol. The first kappa shape index (κ1) is 12.1. The fourth-order valence-electron chi connectivity index (χ4n) is 1.05. The SMILES string of the molecule is CCC(C)COC(=O)c1cccc(S)c1. The van der Waals surface area contributed by atoms with E-state index in [9.17, 15) is 4.79 Å². The van der Waals surface area contributed by atoms with E-state index in [1.165, 1.54) is 0 Å². The van der Waals surface area contributed by atoms with E-state index in [0.29, 0.717) is 18.1 Å². The molecule has 0 bridgehead atoms. The van der Waals surface area contributed by atoms with Crippen LogP contribution in [0.25, 0.3) is 0 Å². The highest BCUT2D eigenvalue weighted by Crippen LogP contribution is 2.11. The average Bonchev–Trinajstić information content (AvgIpc) is 2.25. The maximum absolute atomic E-state index is 11.6. The lowest BCUT2D eigenvalue weighted by Crippen LogP contribution is -2.11. The molecule has 0 N–H and O–H groups in total. The Balaban J connectivity index is 2.54. The van der Waals surface area contributed by atoms with Crippen LogP contribution in [0.15, 0.2) is 29.2 Å². The second-order valence-electron chi connectivity index (χ2n) is 3.66. The van der Waals surface area contributed by atoms with E-state index in [1.807, 2.05) is 6.07 Å². The lowest BCUT2D eigenvalue weighted by molar-refractivity contribution is 0.0447. The van der Waals surface area contributed by atoms with Gasteiger partial charge in [-0.2, -0.15) is 0 Å². The molecule has 0 saturated heterocycles. The maximum atomic E-state index is 11.6. The maximum Gasteiger partial charge on any atom is 0.338 e. The molecule has 1 atom stereocenters. The van der Waals surface area contributed by atoms with E-state index in [-0.39, 0.29) is 5.97 Å². The number of carbonyl (C=O) groups is 1. The van der Waals surface area contributed by atoms with E-state index in [2.05, 4.69) is 26.5 Å². The average molecular weight is 224 g/mol. The molecule has 1 unspecified atom stereocenters. The molecule has 0 aliphatic rings. The molecule has 0 spiro atoms. The van der Waals surface area contributed by atoms with Crippen LogP contribution < -0.4 is 0 Å². The number of ether oxygens (including phenoxy) is 1. The molecule has 1 rings (SSSR count). The van der Waals surface area contributed by atoms with E-state index in [1.54, 1.807) is 18.2 Å². The van der Waals surface area contributed by atoms with Crippen molar-refractivity contribution >= 4 is 18.6 Å². The summed E-state index contributed by atoms with van der Waals surface area (Å²) in [6, 6.07) is 7.07. The van der Waals surface area contributed by atoms with Gasteiger partial charge in [0.05, 0.1) is 12.2 Å². The van der Waals surface area contributed by atoms with Crippen LogP contribution in [0, 0.1) is 5.92 Å². The van der Waals surface area contributed by atoms with Gasteiger partial charge in [0, 0.05) is 4.90 Å². The van der Waals surface area contributed by atoms with Gasteiger partial charge in [0.1, 0.15) is 0 Å². The van der Waals surface area contributed by atoms with Crippen LogP contribution in [-0.2, 0) is 4.74 Å². The van der Waals surface area contributed by atoms with Gasteiger partial charge < -0.3 is 4.74 Å². The Hall–Kier alpha value is -0.960. The van der Waals surface area contributed by atoms with Crippen LogP contribution in [0.2, 0.25) is 0 Å². The highest BCUT2D eigenvalue weighted by atomic mass is 32.1. The second kappa shape index (κ2) is 5.81. The molecule has 0 aromatic heterocycles. The standard InChI is InChI=1S/C12H16O2S/c1-3-9(2)8-14-12(13)10-5-4-6-11(15)7-10/h4-7,9,15H,3,8H2,1-2H3. The summed E-state index contributed by atoms with van der Waals surface area (Å²) in [4.78, 5) is 12.3. The number of hydrogen-bond acceptors (Lipinski definition) is 3. The fourth-order valence-corrected chi connectivity index (χ4v) is 1.28. The molecule has 1 aromatic carbocycles. The van der Waals surface area contributed by atoms with Crippen molar-refractivity contribution in [2.45, 2.75) is 25.2 Å². The summed E-state index contributed by atoms with van der Waals surface area (Å²) in [6.07, 6.45) is 1.01. The lowest BCUT2D eigenvalue weighted by atomic mass is 10.1. The smallest absolute Gasteiger partial charge is 0.338 e. The van der Waals surface area contributed by atoms with Gasteiger partial charge >= 0.3 is 5.97 Å². The van der Waals surface area contributed by atoms with Gasteiger partial charge in [0.25, 0.3) is 0 Å². The summed E-state index contributed by atoms with van der Waals surface area (Å²) in [5.41, 5.74) is 0.561. The third-order valence-corrected chi connectivity index (χ3v) is 2.56. The van der Waals surface area contributed by atoms with Crippen LogP contribution in [0.5, 0.6) is 0 Å². The Labute approximate surface area is 96.1 Å². The Morgan fingerprint density at radius 2 is 2.27 bits per heavy atom. The fraction of sp³-hybridized carbons (Fsp3) is 0.417. The van der Waals surface area contributed by atoms with Crippen molar-refractivity contribution in [3.63, 3.8) is 0 Å². The molecule has 15 heavy (non-hydrogen) atoms. The van der Waals surface area contributed by atoms with Crippen molar-refractivity contribution < 1.29 is 9.53 Å². The van der Waals surface area contributed by atoms with Crippen LogP contribution in [0.3, 0.4) is 0 Å². The summed E-state index contributed by atoms with van der Waals surface area (Å²) >= 11 is 4.17. The predicted octanol–water partition coefficient (Wildman–Crippen LogP) is 3.18. The van der Waals surface area contributed by atoms with Gasteiger partial charge in [-0.15, -0.1) is 12.6 Å². The lowest BCUT2D eigenvalue weighted by Gasteiger charge is -2.09. The number of thiol groups is 1. The quantitative estimate of drug-likeness (QED) is 0.628. The number of benzene rings is 1. The highest BCUT2D eigenvalue weighted by Gasteiger charge is 2.08. The van der Waals surface area contributed by atoms with Crippen molar-refractivity contribution in [2.75, 3.05) is 6.61 Å². The first-order valence-electron chi connectivity index (χ1n) is 5.09. The Morgan fingerprint density at radius 1 is 1.53 bits per heavy atom. The molecule has 0 aliphatic carbocycles. The van der Waals surface area contributed by atoms with Crippen LogP contribution in [0.4, 0.5) is 0 Å². The number of esters is 1. The van der Waals surface area contributed by atoms with Gasteiger partial charge in [0.2, 0.25) is 0 Å². The molecule has 3 heteroatoms. The van der Waals surface area contributed by atoms with Crippen molar-refractivity contribution in [1.29, 1.82) is 0 Å². The minimum Gasteiger partial charge on any atom is -0.462 e. The van der Waals surface area contributed by atoms with Crippen molar-refractivity contribution in [1.82, 2.24) is 0 Å². The predicted molar refractivity (Wildman–Crippen MR) is 63.4 cm³/mol. The second-order valence-corrected chi connectivity index (χ2v) is 4.18. The van der Waals surface area contributed by atoms with Crippen molar-refractivity contribution in [3.05, 3.63) is 29.8 Å². The zero-order valence-corrected chi connectivity index (χ0v) is 9.96. The topological polar surface area (TPSA) is 26.3 Å². The first-order valence-corrected chi connectivity index (χ1v) is 5.54. The van der Waals surface area contributed by atoms with Crippen LogP contribution in [-0.4, -0.2) is 12.6 Å². The van der Waals surface area contributed by atoms with E-state index >= 15 is 0 Å². The molecule has 0 saturated carbocycles. The molecule has 1 aromatic rings. The molecule has 82 valence electrons. The summed E-state index contributed by atoms with van der Waals surface area (Å²) in [5.74, 6) is 0.138. The molecule has 0 radical (unpaired) electrons. The Morgan fingerprint density at radius 3 is 2.87 bits per heavy atom. The molecular formula is C12H16O2S. The molecule has 0 aliphatic heterocycles. The van der Waals surface area contributed by atoms with Gasteiger partial charge in [0.15, 0.2) is 0 Å². The van der Waals surface area contributed by atoms with Crippen molar-refractivity contribution in [2.24, 2.45) is 5.92 Å². The molecule has 0 heterocycles. The number of carbonyl (C=O) groups excluding carboxylic acids is 1. The summed E-state index contributed by atoms with van der Waals surface area (Å²) in [7, 11) is 0. The highest BCUT2D eigenvalue weighted by molar-refractivity contribution is 7.80. The largest absolute Gasteiger partial charge is 0.462 e. The number of hydrogen-bond donors (Lipinski definition) is 1. The van der Waals surface area contributed by atoms with Gasteiger partial charge in [-0.3, -0.25) is 0 Å². The molecule has 0 amide bonds. The normalized spacial score (nSPS) is 12.2. The third-order valence-electron chi connectivity index (χ3n) is 2.28. The van der Waals surface area contributed by atoms with Gasteiger partial charge in [-0.05, 0) is 24.1 Å². The number of rotatable bonds is 4. The first-order chi connectivity index (χ1) is 7.13. The molecule has 2 nitrogen and oxygen atoms in total. The minimum absolute atomic E-state index is 0.272. The third kappa shape index (κ3) is 3.96. The van der Waals surface area contributed by atoms with Crippen LogP contribution in [0.1, 0.15) is 30.6 Å². The van der Waals surface area contributed by atoms with E-state index < -0.39 is 0 Å². The zero-order chi connectivity index (χ0) is 11.3. The summed E-state index contributed by atoms with van der Waals surface area (Å²) in [6.45, 7) is 4.61. The van der Waals surface area contributed by atoms with Crippen LogP contribution >= 0.6 is 12.6 Å². The molecule has 0 fully saturated rings. The Kier molecular flexibility index (Phi) is 4.69.